The van der Waals surface area contributed by atoms with Gasteiger partial charge in [-0.3, -0.25) is 4.79 Å². The minimum Gasteiger partial charge on any atom is -0.493 e. The van der Waals surface area contributed by atoms with Crippen LogP contribution in [-0.2, 0) is 11.3 Å². The summed E-state index contributed by atoms with van der Waals surface area (Å²) in [4.78, 5) is 17.0. The molecule has 1 aromatic heterocycles. The topological polar surface area (TPSA) is 62.1 Å². The number of rotatable bonds is 6. The molecule has 0 aliphatic carbocycles. The lowest BCUT2D eigenvalue weighted by Gasteiger charge is -2.08. The van der Waals surface area contributed by atoms with Gasteiger partial charge in [-0.05, 0) is 18.2 Å². The van der Waals surface area contributed by atoms with Crippen molar-refractivity contribution in [2.24, 2.45) is 4.99 Å². The van der Waals surface area contributed by atoms with Crippen molar-refractivity contribution in [3.05, 3.63) is 45.2 Å². The van der Waals surface area contributed by atoms with Crippen molar-refractivity contribution in [3.8, 4) is 29.6 Å². The van der Waals surface area contributed by atoms with E-state index in [9.17, 15) is 4.79 Å². The van der Waals surface area contributed by atoms with Gasteiger partial charge in [0, 0.05) is 17.2 Å². The summed E-state index contributed by atoms with van der Waals surface area (Å²) in [5, 5.41) is 0.790. The highest BCUT2D eigenvalue weighted by molar-refractivity contribution is 7.16. The van der Waals surface area contributed by atoms with Gasteiger partial charge in [-0.25, -0.2) is 0 Å². The maximum Gasteiger partial charge on any atom is 0.286 e. The molecule has 1 amide bonds. The summed E-state index contributed by atoms with van der Waals surface area (Å²) >= 11 is 13.2. The fourth-order valence-corrected chi connectivity index (χ4v) is 4.12. The van der Waals surface area contributed by atoms with Gasteiger partial charge in [0.05, 0.1) is 36.0 Å². The third kappa shape index (κ3) is 4.67. The van der Waals surface area contributed by atoms with E-state index >= 15 is 0 Å². The Kier molecular flexibility index (Phi) is 6.70. The largest absolute Gasteiger partial charge is 0.493 e. The molecule has 1 heterocycles. The number of aromatic nitrogens is 1. The molecule has 0 fully saturated rings. The molecule has 0 unspecified atom stereocenters. The molecule has 0 saturated carbocycles. The minimum atomic E-state index is -0.479. The first kappa shape index (κ1) is 21.1. The molecule has 0 atom stereocenters. The number of terminal acetylenes is 1. The Labute approximate surface area is 181 Å². The zero-order valence-electron chi connectivity index (χ0n) is 15.6. The number of halogens is 2. The van der Waals surface area contributed by atoms with Gasteiger partial charge in [0.25, 0.3) is 5.91 Å². The molecule has 0 bridgehead atoms. The predicted octanol–water partition coefficient (Wildman–Crippen LogP) is 4.17. The van der Waals surface area contributed by atoms with Crippen LogP contribution in [0.25, 0.3) is 10.2 Å². The number of fused-ring (bicyclic) bond motifs is 1. The van der Waals surface area contributed by atoms with Gasteiger partial charge in [0.15, 0.2) is 22.9 Å². The molecule has 29 heavy (non-hydrogen) atoms. The fraction of sp³-hybridized carbons (Fsp3) is 0.200. The first-order valence-corrected chi connectivity index (χ1v) is 9.88. The lowest BCUT2D eigenvalue weighted by Crippen LogP contribution is -2.19. The van der Waals surface area contributed by atoms with Crippen molar-refractivity contribution >= 4 is 50.7 Å². The number of amides is 1. The minimum absolute atomic E-state index is 0.242. The number of hydrogen-bond acceptors (Lipinski definition) is 5. The van der Waals surface area contributed by atoms with Crippen LogP contribution in [0.2, 0.25) is 10.0 Å². The highest BCUT2D eigenvalue weighted by Crippen LogP contribution is 2.33. The summed E-state index contributed by atoms with van der Waals surface area (Å²) in [5.41, 5.74) is 0.791. The maximum atomic E-state index is 12.4. The number of ether oxygens (including phenoxy) is 3. The van der Waals surface area contributed by atoms with Crippen LogP contribution < -0.4 is 19.0 Å². The molecule has 3 rings (SSSR count). The summed E-state index contributed by atoms with van der Waals surface area (Å²) in [5.74, 6) is 3.58. The molecule has 3 aromatic rings. The second kappa shape index (κ2) is 9.23. The standard InChI is InChI=1S/C20H16Cl2N2O4S/c1-4-7-24-14-9-16(26-2)17(27-3)10-18(14)29-20(24)23-19(25)11-28-15-6-5-12(21)8-13(15)22/h1,5-6,8-10H,7,11H2,2-3H3. The van der Waals surface area contributed by atoms with Crippen molar-refractivity contribution in [3.63, 3.8) is 0 Å². The molecule has 9 heteroatoms. The molecular formula is C20H16Cl2N2O4S. The highest BCUT2D eigenvalue weighted by atomic mass is 35.5. The fourth-order valence-electron chi connectivity index (χ4n) is 2.60. The van der Waals surface area contributed by atoms with Crippen LogP contribution in [0.5, 0.6) is 17.2 Å². The number of carbonyl (C=O) groups excluding carboxylic acids is 1. The third-order valence-electron chi connectivity index (χ3n) is 3.90. The molecule has 2 aromatic carbocycles. The van der Waals surface area contributed by atoms with Crippen molar-refractivity contribution < 1.29 is 19.0 Å². The van der Waals surface area contributed by atoms with Crippen LogP contribution in [0, 0.1) is 12.3 Å². The van der Waals surface area contributed by atoms with Gasteiger partial charge in [-0.2, -0.15) is 4.99 Å². The summed E-state index contributed by atoms with van der Waals surface area (Å²) in [6, 6.07) is 8.37. The summed E-state index contributed by atoms with van der Waals surface area (Å²) in [6.45, 7) is -0.0379. The van der Waals surface area contributed by atoms with Gasteiger partial charge in [0.1, 0.15) is 5.75 Å². The first-order chi connectivity index (χ1) is 14.0. The van der Waals surface area contributed by atoms with Gasteiger partial charge >= 0.3 is 0 Å². The predicted molar refractivity (Wildman–Crippen MR) is 114 cm³/mol. The molecule has 150 valence electrons. The number of benzene rings is 2. The molecular weight excluding hydrogens is 435 g/mol. The van der Waals surface area contributed by atoms with Gasteiger partial charge in [-0.15, -0.1) is 6.42 Å². The van der Waals surface area contributed by atoms with E-state index in [4.69, 9.17) is 43.8 Å². The van der Waals surface area contributed by atoms with Crippen LogP contribution in [0.3, 0.4) is 0 Å². The van der Waals surface area contributed by atoms with Crippen LogP contribution in [-0.4, -0.2) is 31.3 Å². The Morgan fingerprint density at radius 3 is 2.55 bits per heavy atom. The lowest BCUT2D eigenvalue weighted by atomic mass is 10.3. The van der Waals surface area contributed by atoms with Gasteiger partial charge in [0.2, 0.25) is 0 Å². The van der Waals surface area contributed by atoms with E-state index < -0.39 is 5.91 Å². The average Bonchev–Trinajstić information content (AvgIpc) is 3.02. The monoisotopic (exact) mass is 450 g/mol. The van der Waals surface area contributed by atoms with Crippen molar-refractivity contribution in [2.75, 3.05) is 20.8 Å². The normalized spacial score (nSPS) is 11.3. The Bertz CT molecular complexity index is 1180. The van der Waals surface area contributed by atoms with Gasteiger partial charge < -0.3 is 18.8 Å². The van der Waals surface area contributed by atoms with Crippen molar-refractivity contribution in [1.29, 1.82) is 0 Å². The van der Waals surface area contributed by atoms with E-state index in [0.29, 0.717) is 32.1 Å². The highest BCUT2D eigenvalue weighted by Gasteiger charge is 2.13. The number of thiazole rings is 1. The second-order valence-electron chi connectivity index (χ2n) is 5.72. The quantitative estimate of drug-likeness (QED) is 0.528. The second-order valence-corrected chi connectivity index (χ2v) is 7.57. The van der Waals surface area contributed by atoms with E-state index in [0.717, 1.165) is 10.2 Å². The summed E-state index contributed by atoms with van der Waals surface area (Å²) < 4.78 is 18.8. The van der Waals surface area contributed by atoms with E-state index in [-0.39, 0.29) is 13.2 Å². The van der Waals surface area contributed by atoms with Crippen LogP contribution in [0.4, 0.5) is 0 Å². The zero-order chi connectivity index (χ0) is 21.0. The Hall–Kier alpha value is -2.66. The number of hydrogen-bond donors (Lipinski definition) is 0. The summed E-state index contributed by atoms with van der Waals surface area (Å²) in [6.07, 6.45) is 5.50. The van der Waals surface area contributed by atoms with Crippen molar-refractivity contribution in [1.82, 2.24) is 4.57 Å². The SMILES string of the molecule is C#CCn1c(=NC(=O)COc2ccc(Cl)cc2Cl)sc2cc(OC)c(OC)cc21. The molecule has 0 saturated heterocycles. The van der Waals surface area contributed by atoms with E-state index in [1.807, 2.05) is 6.07 Å². The summed E-state index contributed by atoms with van der Waals surface area (Å²) in [7, 11) is 3.11. The molecule has 0 aliphatic heterocycles. The van der Waals surface area contributed by atoms with Crippen LogP contribution in [0.1, 0.15) is 0 Å². The average molecular weight is 451 g/mol. The molecule has 0 N–H and O–H groups in total. The molecule has 0 spiro atoms. The zero-order valence-corrected chi connectivity index (χ0v) is 17.9. The number of nitrogens with zero attached hydrogens (tertiary/aromatic N) is 2. The Balaban J connectivity index is 1.94. The first-order valence-electron chi connectivity index (χ1n) is 8.31. The smallest absolute Gasteiger partial charge is 0.286 e. The van der Waals surface area contributed by atoms with E-state index in [1.165, 1.54) is 17.4 Å². The molecule has 0 radical (unpaired) electrons. The molecule has 0 aliphatic rings. The van der Waals surface area contributed by atoms with Crippen LogP contribution >= 0.6 is 34.5 Å². The Morgan fingerprint density at radius 2 is 1.90 bits per heavy atom. The number of carbonyl (C=O) groups is 1. The van der Waals surface area contributed by atoms with Gasteiger partial charge in [-0.1, -0.05) is 40.5 Å². The van der Waals surface area contributed by atoms with E-state index in [2.05, 4.69) is 10.9 Å². The Morgan fingerprint density at radius 1 is 1.17 bits per heavy atom. The number of methoxy groups -OCH3 is 2. The third-order valence-corrected chi connectivity index (χ3v) is 5.47. The lowest BCUT2D eigenvalue weighted by molar-refractivity contribution is -0.120. The van der Waals surface area contributed by atoms with Crippen molar-refractivity contribution in [2.45, 2.75) is 6.54 Å². The maximum absolute atomic E-state index is 12.4. The molecule has 6 nitrogen and oxygen atoms in total. The van der Waals surface area contributed by atoms with E-state index in [1.54, 1.807) is 37.0 Å². The van der Waals surface area contributed by atoms with Crippen LogP contribution in [0.15, 0.2) is 35.3 Å².